The minimum Gasteiger partial charge on any atom is -0.338 e. The molecule has 25 heavy (non-hydrogen) atoms. The summed E-state index contributed by atoms with van der Waals surface area (Å²) >= 11 is 1.77. The number of urea groups is 1. The third-order valence-corrected chi connectivity index (χ3v) is 6.02. The molecule has 2 aliphatic rings. The van der Waals surface area contributed by atoms with E-state index in [0.717, 1.165) is 71.6 Å². The van der Waals surface area contributed by atoms with Crippen molar-refractivity contribution in [3.63, 3.8) is 0 Å². The number of rotatable bonds is 5. The summed E-state index contributed by atoms with van der Waals surface area (Å²) in [4.78, 5) is 16.8. The predicted molar refractivity (Wildman–Crippen MR) is 105 cm³/mol. The number of hydrogen-bond donors (Lipinski definition) is 1. The summed E-state index contributed by atoms with van der Waals surface area (Å²) in [5.41, 5.74) is 2.95. The van der Waals surface area contributed by atoms with Gasteiger partial charge >= 0.3 is 6.03 Å². The van der Waals surface area contributed by atoms with Crippen LogP contribution in [-0.2, 0) is 13.0 Å². The normalized spacial score (nSPS) is 19.3. The molecule has 1 aromatic rings. The highest BCUT2D eigenvalue weighted by molar-refractivity contribution is 7.96. The SMILES string of the molecule is CSN1CCCN(C(=O)NCCCN2CCc3ccccc3C2)CC1. The van der Waals surface area contributed by atoms with Crippen LogP contribution in [0.5, 0.6) is 0 Å². The molecule has 3 rings (SSSR count). The van der Waals surface area contributed by atoms with Crippen molar-refractivity contribution < 1.29 is 4.79 Å². The maximum Gasteiger partial charge on any atom is 0.317 e. The monoisotopic (exact) mass is 362 g/mol. The highest BCUT2D eigenvalue weighted by atomic mass is 32.2. The Morgan fingerprint density at radius 3 is 2.80 bits per heavy atom. The van der Waals surface area contributed by atoms with Crippen LogP contribution in [0, 0.1) is 0 Å². The van der Waals surface area contributed by atoms with E-state index in [1.54, 1.807) is 11.9 Å². The number of hydrogen-bond acceptors (Lipinski definition) is 4. The molecule has 6 heteroatoms. The van der Waals surface area contributed by atoms with E-state index in [4.69, 9.17) is 0 Å². The summed E-state index contributed by atoms with van der Waals surface area (Å²) in [6, 6.07) is 8.84. The molecule has 0 bridgehead atoms. The molecule has 0 saturated carbocycles. The minimum absolute atomic E-state index is 0.104. The molecule has 5 nitrogen and oxygen atoms in total. The van der Waals surface area contributed by atoms with Gasteiger partial charge in [0.15, 0.2) is 0 Å². The molecule has 2 amide bonds. The van der Waals surface area contributed by atoms with E-state index in [1.165, 1.54) is 11.1 Å². The number of fused-ring (bicyclic) bond motifs is 1. The smallest absolute Gasteiger partial charge is 0.317 e. The van der Waals surface area contributed by atoms with Crippen molar-refractivity contribution in [3.8, 4) is 0 Å². The van der Waals surface area contributed by atoms with E-state index in [9.17, 15) is 4.79 Å². The molecule has 0 atom stereocenters. The van der Waals surface area contributed by atoms with Crippen molar-refractivity contribution in [3.05, 3.63) is 35.4 Å². The Hall–Kier alpha value is -1.24. The lowest BCUT2D eigenvalue weighted by atomic mass is 10.00. The van der Waals surface area contributed by atoms with Crippen LogP contribution in [-0.4, -0.2) is 72.2 Å². The molecule has 0 aromatic heterocycles. The van der Waals surface area contributed by atoms with Gasteiger partial charge in [0.2, 0.25) is 0 Å². The fraction of sp³-hybridized carbons (Fsp3) is 0.632. The molecule has 1 fully saturated rings. The first-order chi connectivity index (χ1) is 12.3. The van der Waals surface area contributed by atoms with Crippen molar-refractivity contribution >= 4 is 18.0 Å². The maximum atomic E-state index is 12.3. The van der Waals surface area contributed by atoms with Gasteiger partial charge < -0.3 is 10.2 Å². The van der Waals surface area contributed by atoms with Gasteiger partial charge in [0.1, 0.15) is 0 Å². The molecule has 0 unspecified atom stereocenters. The van der Waals surface area contributed by atoms with Crippen molar-refractivity contribution in [2.75, 3.05) is 52.1 Å². The first-order valence-electron chi connectivity index (χ1n) is 9.37. The van der Waals surface area contributed by atoms with Crippen LogP contribution in [0.4, 0.5) is 4.79 Å². The number of benzene rings is 1. The molecule has 2 aliphatic heterocycles. The highest BCUT2D eigenvalue weighted by Gasteiger charge is 2.19. The number of amides is 2. The Kier molecular flexibility index (Phi) is 7.02. The maximum absolute atomic E-state index is 12.3. The molecule has 0 aliphatic carbocycles. The zero-order valence-corrected chi connectivity index (χ0v) is 16.1. The molecule has 0 spiro atoms. The van der Waals surface area contributed by atoms with Crippen LogP contribution in [0.15, 0.2) is 24.3 Å². The van der Waals surface area contributed by atoms with Gasteiger partial charge in [0.05, 0.1) is 0 Å². The predicted octanol–water partition coefficient (Wildman–Crippen LogP) is 2.43. The number of nitrogens with zero attached hydrogens (tertiary/aromatic N) is 3. The minimum atomic E-state index is 0.104. The van der Waals surface area contributed by atoms with Crippen LogP contribution in [0.1, 0.15) is 24.0 Å². The largest absolute Gasteiger partial charge is 0.338 e. The number of carbonyl (C=O) groups excluding carboxylic acids is 1. The lowest BCUT2D eigenvalue weighted by Gasteiger charge is -2.28. The van der Waals surface area contributed by atoms with Gasteiger partial charge in [0.25, 0.3) is 0 Å². The summed E-state index contributed by atoms with van der Waals surface area (Å²) < 4.78 is 2.33. The first kappa shape index (κ1) is 18.5. The molecule has 1 N–H and O–H groups in total. The van der Waals surface area contributed by atoms with E-state index >= 15 is 0 Å². The van der Waals surface area contributed by atoms with Crippen molar-refractivity contribution in [1.29, 1.82) is 0 Å². The fourth-order valence-electron chi connectivity index (χ4n) is 3.63. The molecule has 1 aromatic carbocycles. The number of nitrogens with one attached hydrogen (secondary N) is 1. The van der Waals surface area contributed by atoms with Crippen LogP contribution in [0.25, 0.3) is 0 Å². The van der Waals surface area contributed by atoms with Gasteiger partial charge in [-0.3, -0.25) is 4.90 Å². The first-order valence-corrected chi connectivity index (χ1v) is 10.6. The van der Waals surface area contributed by atoms with Crippen molar-refractivity contribution in [2.45, 2.75) is 25.8 Å². The van der Waals surface area contributed by atoms with E-state index in [0.29, 0.717) is 0 Å². The quantitative estimate of drug-likeness (QED) is 0.645. The van der Waals surface area contributed by atoms with E-state index in [2.05, 4.69) is 45.0 Å². The third-order valence-electron chi connectivity index (χ3n) is 5.14. The van der Waals surface area contributed by atoms with Crippen LogP contribution >= 0.6 is 11.9 Å². The van der Waals surface area contributed by atoms with Crippen LogP contribution < -0.4 is 5.32 Å². The number of carbonyl (C=O) groups is 1. The Balaban J connectivity index is 1.34. The van der Waals surface area contributed by atoms with E-state index in [-0.39, 0.29) is 6.03 Å². The van der Waals surface area contributed by atoms with Crippen LogP contribution in [0.2, 0.25) is 0 Å². The van der Waals surface area contributed by atoms with Gasteiger partial charge in [-0.25, -0.2) is 9.10 Å². The summed E-state index contributed by atoms with van der Waals surface area (Å²) in [5.74, 6) is 0. The molecule has 2 heterocycles. The standard InChI is InChI=1S/C19H30N4OS/c1-25-23-12-5-11-22(14-15-23)19(24)20-9-4-10-21-13-8-17-6-2-3-7-18(17)16-21/h2-3,6-7H,4-5,8-16H2,1H3,(H,20,24). The lowest BCUT2D eigenvalue weighted by Crippen LogP contribution is -2.42. The lowest BCUT2D eigenvalue weighted by molar-refractivity contribution is 0.198. The second kappa shape index (κ2) is 9.46. The van der Waals surface area contributed by atoms with Gasteiger partial charge in [-0.2, -0.15) is 0 Å². The summed E-state index contributed by atoms with van der Waals surface area (Å²) in [6.45, 7) is 7.71. The second-order valence-electron chi connectivity index (χ2n) is 6.83. The average Bonchev–Trinajstić information content (AvgIpc) is 2.90. The Morgan fingerprint density at radius 1 is 1.12 bits per heavy atom. The van der Waals surface area contributed by atoms with E-state index in [1.807, 2.05) is 4.90 Å². The van der Waals surface area contributed by atoms with Gasteiger partial charge in [0, 0.05) is 52.4 Å². The van der Waals surface area contributed by atoms with E-state index < -0.39 is 0 Å². The van der Waals surface area contributed by atoms with Gasteiger partial charge in [-0.1, -0.05) is 36.2 Å². The molecule has 1 saturated heterocycles. The van der Waals surface area contributed by atoms with Crippen LogP contribution in [0.3, 0.4) is 0 Å². The zero-order valence-electron chi connectivity index (χ0n) is 15.2. The van der Waals surface area contributed by atoms with Gasteiger partial charge in [-0.15, -0.1) is 0 Å². The molecule has 138 valence electrons. The van der Waals surface area contributed by atoms with Crippen molar-refractivity contribution in [1.82, 2.24) is 19.4 Å². The molecular formula is C19H30N4OS. The summed E-state index contributed by atoms with van der Waals surface area (Å²) in [5, 5.41) is 3.11. The Labute approximate surface area is 155 Å². The molecule has 0 radical (unpaired) electrons. The third kappa shape index (κ3) is 5.36. The van der Waals surface area contributed by atoms with Gasteiger partial charge in [-0.05, 0) is 36.6 Å². The van der Waals surface area contributed by atoms with Crippen molar-refractivity contribution in [2.24, 2.45) is 0 Å². The Bertz CT molecular complexity index is 568. The Morgan fingerprint density at radius 2 is 1.96 bits per heavy atom. The average molecular weight is 363 g/mol. The zero-order chi connectivity index (χ0) is 17.5. The second-order valence-corrected chi connectivity index (χ2v) is 7.71. The fourth-order valence-corrected chi connectivity index (χ4v) is 4.21. The summed E-state index contributed by atoms with van der Waals surface area (Å²) in [7, 11) is 0. The highest BCUT2D eigenvalue weighted by Crippen LogP contribution is 2.18. The molecular weight excluding hydrogens is 332 g/mol. The summed E-state index contributed by atoms with van der Waals surface area (Å²) in [6.07, 6.45) is 5.32. The topological polar surface area (TPSA) is 38.8 Å².